The van der Waals surface area contributed by atoms with Crippen LogP contribution in [0.2, 0.25) is 0 Å². The maximum atomic E-state index is 12.4. The van der Waals surface area contributed by atoms with Crippen molar-refractivity contribution < 1.29 is 14.3 Å². The maximum Gasteiger partial charge on any atom is 0.224 e. The standard InChI is InChI=1S/C17H34N2O3/c1-5-9-14(4)18-17(20)15-10-8-11-19(12-15)13-16(21-6-2)22-7-3/h14-16H,5-13H2,1-4H3,(H,18,20)/t14-,15+/m0/s1. The van der Waals surface area contributed by atoms with E-state index in [2.05, 4.69) is 24.1 Å². The molecular weight excluding hydrogens is 280 g/mol. The normalized spacial score (nSPS) is 21.0. The minimum Gasteiger partial charge on any atom is -0.353 e. The molecule has 1 aliphatic rings. The lowest BCUT2D eigenvalue weighted by molar-refractivity contribution is -0.151. The summed E-state index contributed by atoms with van der Waals surface area (Å²) in [5.41, 5.74) is 0. The molecule has 5 nitrogen and oxygen atoms in total. The predicted molar refractivity (Wildman–Crippen MR) is 88.7 cm³/mol. The van der Waals surface area contributed by atoms with Crippen molar-refractivity contribution in [1.29, 1.82) is 0 Å². The van der Waals surface area contributed by atoms with Gasteiger partial charge in [0.2, 0.25) is 5.91 Å². The molecule has 130 valence electrons. The van der Waals surface area contributed by atoms with Crippen LogP contribution in [0.15, 0.2) is 0 Å². The largest absolute Gasteiger partial charge is 0.353 e. The molecule has 0 unspecified atom stereocenters. The molecule has 0 aromatic heterocycles. The van der Waals surface area contributed by atoms with Crippen molar-refractivity contribution in [2.45, 2.75) is 65.7 Å². The molecule has 0 bridgehead atoms. The van der Waals surface area contributed by atoms with Gasteiger partial charge in [0.1, 0.15) is 0 Å². The first-order chi connectivity index (χ1) is 10.6. The SMILES string of the molecule is CCC[C@H](C)NC(=O)[C@@H]1CCCN(CC(OCC)OCC)C1. The molecule has 1 fully saturated rings. The fourth-order valence-electron chi connectivity index (χ4n) is 3.04. The van der Waals surface area contributed by atoms with E-state index in [1.807, 2.05) is 13.8 Å². The number of carbonyl (C=O) groups is 1. The van der Waals surface area contributed by atoms with Crippen LogP contribution >= 0.6 is 0 Å². The van der Waals surface area contributed by atoms with Crippen molar-refractivity contribution in [2.24, 2.45) is 5.92 Å². The lowest BCUT2D eigenvalue weighted by Crippen LogP contribution is -2.47. The van der Waals surface area contributed by atoms with Crippen LogP contribution < -0.4 is 5.32 Å². The van der Waals surface area contributed by atoms with Gasteiger partial charge in [0.05, 0.1) is 5.92 Å². The van der Waals surface area contributed by atoms with Gasteiger partial charge in [0.15, 0.2) is 6.29 Å². The van der Waals surface area contributed by atoms with Gasteiger partial charge in [-0.3, -0.25) is 9.69 Å². The van der Waals surface area contributed by atoms with E-state index in [-0.39, 0.29) is 24.2 Å². The number of nitrogens with one attached hydrogen (secondary N) is 1. The molecule has 0 radical (unpaired) electrons. The molecule has 1 saturated heterocycles. The maximum absolute atomic E-state index is 12.4. The number of amides is 1. The first kappa shape index (κ1) is 19.4. The number of ether oxygens (including phenoxy) is 2. The van der Waals surface area contributed by atoms with Gasteiger partial charge < -0.3 is 14.8 Å². The van der Waals surface area contributed by atoms with Gasteiger partial charge in [-0.1, -0.05) is 13.3 Å². The molecule has 0 aromatic carbocycles. The van der Waals surface area contributed by atoms with Crippen molar-refractivity contribution >= 4 is 5.91 Å². The van der Waals surface area contributed by atoms with E-state index in [0.29, 0.717) is 13.2 Å². The zero-order valence-corrected chi connectivity index (χ0v) is 14.8. The van der Waals surface area contributed by atoms with E-state index >= 15 is 0 Å². The van der Waals surface area contributed by atoms with Crippen LogP contribution in [0.4, 0.5) is 0 Å². The van der Waals surface area contributed by atoms with Crippen molar-refractivity contribution in [3.8, 4) is 0 Å². The Hall–Kier alpha value is -0.650. The van der Waals surface area contributed by atoms with Gasteiger partial charge in [0.25, 0.3) is 0 Å². The molecular formula is C17H34N2O3. The zero-order valence-electron chi connectivity index (χ0n) is 14.8. The Morgan fingerprint density at radius 3 is 2.55 bits per heavy atom. The van der Waals surface area contributed by atoms with Gasteiger partial charge in [-0.05, 0) is 46.6 Å². The number of hydrogen-bond acceptors (Lipinski definition) is 4. The van der Waals surface area contributed by atoms with Crippen LogP contribution in [0.5, 0.6) is 0 Å². The number of hydrogen-bond donors (Lipinski definition) is 1. The van der Waals surface area contributed by atoms with Crippen LogP contribution in [-0.4, -0.2) is 56.0 Å². The van der Waals surface area contributed by atoms with Crippen LogP contribution in [0.3, 0.4) is 0 Å². The highest BCUT2D eigenvalue weighted by Crippen LogP contribution is 2.18. The topological polar surface area (TPSA) is 50.8 Å². The summed E-state index contributed by atoms with van der Waals surface area (Å²) in [7, 11) is 0. The molecule has 1 heterocycles. The Bertz CT molecular complexity index is 306. The van der Waals surface area contributed by atoms with Crippen molar-refractivity contribution in [3.05, 3.63) is 0 Å². The quantitative estimate of drug-likeness (QED) is 0.629. The summed E-state index contributed by atoms with van der Waals surface area (Å²) in [6, 6.07) is 0.271. The Kier molecular flexibility index (Phi) is 9.68. The van der Waals surface area contributed by atoms with Crippen LogP contribution in [0.25, 0.3) is 0 Å². The number of carbonyl (C=O) groups excluding carboxylic acids is 1. The van der Waals surface area contributed by atoms with E-state index in [1.165, 1.54) is 0 Å². The van der Waals surface area contributed by atoms with Crippen molar-refractivity contribution in [3.63, 3.8) is 0 Å². The average molecular weight is 314 g/mol. The van der Waals surface area contributed by atoms with Crippen molar-refractivity contribution in [2.75, 3.05) is 32.8 Å². The number of likely N-dealkylation sites (tertiary alicyclic amines) is 1. The summed E-state index contributed by atoms with van der Waals surface area (Å²) in [6.45, 7) is 12.1. The molecule has 1 amide bonds. The summed E-state index contributed by atoms with van der Waals surface area (Å²) in [4.78, 5) is 14.7. The van der Waals surface area contributed by atoms with Crippen molar-refractivity contribution in [1.82, 2.24) is 10.2 Å². The van der Waals surface area contributed by atoms with E-state index in [9.17, 15) is 4.79 Å². The number of piperidine rings is 1. The monoisotopic (exact) mass is 314 g/mol. The second-order valence-electron chi connectivity index (χ2n) is 6.14. The second-order valence-corrected chi connectivity index (χ2v) is 6.14. The molecule has 1 aliphatic heterocycles. The Morgan fingerprint density at radius 2 is 1.95 bits per heavy atom. The van der Waals surface area contributed by atoms with E-state index in [1.54, 1.807) is 0 Å². The van der Waals surface area contributed by atoms with Gasteiger partial charge in [0, 0.05) is 32.3 Å². The van der Waals surface area contributed by atoms with Gasteiger partial charge >= 0.3 is 0 Å². The third-order valence-corrected chi connectivity index (χ3v) is 4.10. The number of nitrogens with zero attached hydrogens (tertiary/aromatic N) is 1. The van der Waals surface area contributed by atoms with Crippen LogP contribution in [0.1, 0.15) is 53.4 Å². The van der Waals surface area contributed by atoms with Gasteiger partial charge in [-0.15, -0.1) is 0 Å². The zero-order chi connectivity index (χ0) is 16.4. The smallest absolute Gasteiger partial charge is 0.224 e. The Morgan fingerprint density at radius 1 is 1.27 bits per heavy atom. The molecule has 2 atom stereocenters. The molecule has 1 N–H and O–H groups in total. The van der Waals surface area contributed by atoms with Gasteiger partial charge in [-0.25, -0.2) is 0 Å². The highest BCUT2D eigenvalue weighted by molar-refractivity contribution is 5.79. The fourth-order valence-corrected chi connectivity index (χ4v) is 3.04. The third-order valence-electron chi connectivity index (χ3n) is 4.10. The van der Waals surface area contributed by atoms with Crippen LogP contribution in [-0.2, 0) is 14.3 Å². The summed E-state index contributed by atoms with van der Waals surface area (Å²) in [6.07, 6.45) is 4.00. The Balaban J connectivity index is 2.44. The van der Waals surface area contributed by atoms with Crippen LogP contribution in [0, 0.1) is 5.92 Å². The third kappa shape index (κ3) is 7.07. The first-order valence-electron chi connectivity index (χ1n) is 8.86. The molecule has 0 aromatic rings. The van der Waals surface area contributed by atoms with Gasteiger partial charge in [-0.2, -0.15) is 0 Å². The summed E-state index contributed by atoms with van der Waals surface area (Å²) < 4.78 is 11.2. The predicted octanol–water partition coefficient (Wildman–Crippen LogP) is 2.40. The summed E-state index contributed by atoms with van der Waals surface area (Å²) in [5, 5.41) is 3.15. The molecule has 1 rings (SSSR count). The summed E-state index contributed by atoms with van der Waals surface area (Å²) >= 11 is 0. The average Bonchev–Trinajstić information content (AvgIpc) is 2.48. The Labute approximate surface area is 135 Å². The van der Waals surface area contributed by atoms with E-state index < -0.39 is 0 Å². The minimum absolute atomic E-state index is 0.0944. The minimum atomic E-state index is -0.184. The lowest BCUT2D eigenvalue weighted by atomic mass is 9.96. The summed E-state index contributed by atoms with van der Waals surface area (Å²) in [5.74, 6) is 0.298. The highest BCUT2D eigenvalue weighted by Gasteiger charge is 2.27. The molecule has 0 spiro atoms. The second kappa shape index (κ2) is 11.0. The number of rotatable bonds is 10. The lowest BCUT2D eigenvalue weighted by Gasteiger charge is -2.34. The van der Waals surface area contributed by atoms with E-state index in [0.717, 1.165) is 45.3 Å². The molecule has 0 aliphatic carbocycles. The first-order valence-corrected chi connectivity index (χ1v) is 8.86. The molecule has 22 heavy (non-hydrogen) atoms. The fraction of sp³-hybridized carbons (Fsp3) is 0.941. The van der Waals surface area contributed by atoms with E-state index in [4.69, 9.17) is 9.47 Å². The molecule has 0 saturated carbocycles. The highest BCUT2D eigenvalue weighted by atomic mass is 16.7. The molecule has 5 heteroatoms.